The molecule has 0 saturated carbocycles. The van der Waals surface area contributed by atoms with Crippen LogP contribution in [0.15, 0.2) is 30.3 Å². The van der Waals surface area contributed by atoms with Crippen molar-refractivity contribution >= 4 is 10.2 Å². The van der Waals surface area contributed by atoms with E-state index in [4.69, 9.17) is 5.73 Å². The standard InChI is InChI=1S/C14H23N3O2S/c1-16(11-6-10-15)20(18,19)17-12-5-9-14(17)13-7-3-2-4-8-13/h2-4,7-8,14H,5-6,9-12,15H2,1H3. The lowest BCUT2D eigenvalue weighted by Crippen LogP contribution is -2.42. The van der Waals surface area contributed by atoms with Crippen molar-refractivity contribution < 1.29 is 8.42 Å². The maximum absolute atomic E-state index is 12.6. The summed E-state index contributed by atoms with van der Waals surface area (Å²) in [7, 11) is -1.77. The van der Waals surface area contributed by atoms with Crippen molar-refractivity contribution in [3.8, 4) is 0 Å². The van der Waals surface area contributed by atoms with Crippen LogP contribution in [0.3, 0.4) is 0 Å². The lowest BCUT2D eigenvalue weighted by molar-refractivity contribution is 0.346. The summed E-state index contributed by atoms with van der Waals surface area (Å²) in [5.41, 5.74) is 6.53. The third-order valence-corrected chi connectivity index (χ3v) is 5.76. The maximum Gasteiger partial charge on any atom is 0.282 e. The fourth-order valence-electron chi connectivity index (χ4n) is 2.63. The SMILES string of the molecule is CN(CCCN)S(=O)(=O)N1CCCC1c1ccccc1. The number of nitrogens with zero attached hydrogens (tertiary/aromatic N) is 2. The first-order chi connectivity index (χ1) is 9.57. The molecule has 0 aliphatic carbocycles. The molecule has 112 valence electrons. The van der Waals surface area contributed by atoms with E-state index in [2.05, 4.69) is 0 Å². The summed E-state index contributed by atoms with van der Waals surface area (Å²) in [5, 5.41) is 0. The minimum absolute atomic E-state index is 0.0403. The molecular formula is C14H23N3O2S. The van der Waals surface area contributed by atoms with Crippen LogP contribution in [0.25, 0.3) is 0 Å². The van der Waals surface area contributed by atoms with Crippen molar-refractivity contribution in [1.29, 1.82) is 0 Å². The first-order valence-electron chi connectivity index (χ1n) is 7.05. The van der Waals surface area contributed by atoms with Crippen molar-refractivity contribution in [2.45, 2.75) is 25.3 Å². The van der Waals surface area contributed by atoms with Gasteiger partial charge in [-0.1, -0.05) is 30.3 Å². The van der Waals surface area contributed by atoms with E-state index >= 15 is 0 Å². The molecule has 0 bridgehead atoms. The fraction of sp³-hybridized carbons (Fsp3) is 0.571. The molecule has 0 aromatic heterocycles. The van der Waals surface area contributed by atoms with Crippen molar-refractivity contribution in [3.05, 3.63) is 35.9 Å². The van der Waals surface area contributed by atoms with Crippen molar-refractivity contribution in [1.82, 2.24) is 8.61 Å². The summed E-state index contributed by atoms with van der Waals surface area (Å²) in [6.07, 6.45) is 2.47. The van der Waals surface area contributed by atoms with E-state index in [1.165, 1.54) is 4.31 Å². The molecule has 5 nitrogen and oxygen atoms in total. The highest BCUT2D eigenvalue weighted by molar-refractivity contribution is 7.86. The zero-order valence-electron chi connectivity index (χ0n) is 11.9. The molecule has 20 heavy (non-hydrogen) atoms. The smallest absolute Gasteiger partial charge is 0.282 e. The highest BCUT2D eigenvalue weighted by Crippen LogP contribution is 2.34. The van der Waals surface area contributed by atoms with Crippen LogP contribution in [0.2, 0.25) is 0 Å². The second-order valence-electron chi connectivity index (χ2n) is 5.15. The monoisotopic (exact) mass is 297 g/mol. The van der Waals surface area contributed by atoms with E-state index in [1.807, 2.05) is 30.3 Å². The molecule has 0 spiro atoms. The van der Waals surface area contributed by atoms with Crippen molar-refractivity contribution in [2.24, 2.45) is 5.73 Å². The average molecular weight is 297 g/mol. The molecule has 1 heterocycles. The molecule has 1 aliphatic rings. The van der Waals surface area contributed by atoms with Gasteiger partial charge in [0.15, 0.2) is 0 Å². The Morgan fingerprint density at radius 1 is 1.35 bits per heavy atom. The molecule has 2 rings (SSSR count). The van der Waals surface area contributed by atoms with E-state index in [9.17, 15) is 8.42 Å². The molecule has 0 radical (unpaired) electrons. The minimum atomic E-state index is -3.40. The van der Waals surface area contributed by atoms with Gasteiger partial charge in [0.25, 0.3) is 10.2 Å². The molecule has 1 fully saturated rings. The van der Waals surface area contributed by atoms with Crippen LogP contribution in [0, 0.1) is 0 Å². The zero-order valence-corrected chi connectivity index (χ0v) is 12.7. The molecule has 1 aromatic carbocycles. The Kier molecular flexibility index (Phi) is 5.15. The summed E-state index contributed by atoms with van der Waals surface area (Å²) in [5.74, 6) is 0. The summed E-state index contributed by atoms with van der Waals surface area (Å²) in [4.78, 5) is 0. The third kappa shape index (κ3) is 3.20. The predicted molar refractivity (Wildman–Crippen MR) is 80.3 cm³/mol. The van der Waals surface area contributed by atoms with E-state index in [0.29, 0.717) is 26.1 Å². The Labute approximate surface area is 121 Å². The van der Waals surface area contributed by atoms with Gasteiger partial charge in [0.2, 0.25) is 0 Å². The summed E-state index contributed by atoms with van der Waals surface area (Å²) < 4.78 is 28.3. The first kappa shape index (κ1) is 15.4. The van der Waals surface area contributed by atoms with Gasteiger partial charge in [-0.15, -0.1) is 0 Å². The Bertz CT molecular complexity index is 518. The van der Waals surface area contributed by atoms with E-state index in [-0.39, 0.29) is 6.04 Å². The van der Waals surface area contributed by atoms with Crippen molar-refractivity contribution in [3.63, 3.8) is 0 Å². The Balaban J connectivity index is 2.18. The van der Waals surface area contributed by atoms with Crippen LogP contribution in [-0.4, -0.2) is 43.7 Å². The van der Waals surface area contributed by atoms with Gasteiger partial charge in [-0.3, -0.25) is 0 Å². The second kappa shape index (κ2) is 6.67. The van der Waals surface area contributed by atoms with Gasteiger partial charge in [0, 0.05) is 20.1 Å². The topological polar surface area (TPSA) is 66.6 Å². The maximum atomic E-state index is 12.6. The van der Waals surface area contributed by atoms with Crippen LogP contribution in [0.4, 0.5) is 0 Å². The summed E-state index contributed by atoms with van der Waals surface area (Å²) in [6.45, 7) is 1.56. The highest BCUT2D eigenvalue weighted by atomic mass is 32.2. The first-order valence-corrected chi connectivity index (χ1v) is 8.45. The molecule has 1 saturated heterocycles. The van der Waals surface area contributed by atoms with Gasteiger partial charge in [-0.2, -0.15) is 17.0 Å². The molecule has 1 unspecified atom stereocenters. The van der Waals surface area contributed by atoms with Crippen LogP contribution in [-0.2, 0) is 10.2 Å². The van der Waals surface area contributed by atoms with Gasteiger partial charge in [0.1, 0.15) is 0 Å². The predicted octanol–water partition coefficient (Wildman–Crippen LogP) is 1.35. The third-order valence-electron chi connectivity index (χ3n) is 3.76. The van der Waals surface area contributed by atoms with Crippen LogP contribution >= 0.6 is 0 Å². The van der Waals surface area contributed by atoms with Crippen LogP contribution in [0.1, 0.15) is 30.9 Å². The van der Waals surface area contributed by atoms with Crippen LogP contribution < -0.4 is 5.73 Å². The van der Waals surface area contributed by atoms with Gasteiger partial charge in [-0.05, 0) is 31.4 Å². The summed E-state index contributed by atoms with van der Waals surface area (Å²) in [6, 6.07) is 9.82. The Morgan fingerprint density at radius 3 is 2.70 bits per heavy atom. The molecule has 2 N–H and O–H groups in total. The normalized spacial score (nSPS) is 20.6. The molecule has 1 aromatic rings. The number of nitrogens with two attached hydrogens (primary N) is 1. The average Bonchev–Trinajstić information content (AvgIpc) is 2.95. The number of hydrogen-bond donors (Lipinski definition) is 1. The van der Waals surface area contributed by atoms with Gasteiger partial charge in [0.05, 0.1) is 6.04 Å². The molecular weight excluding hydrogens is 274 g/mol. The summed E-state index contributed by atoms with van der Waals surface area (Å²) >= 11 is 0. The number of benzene rings is 1. The van der Waals surface area contributed by atoms with Gasteiger partial charge in [-0.25, -0.2) is 0 Å². The van der Waals surface area contributed by atoms with E-state index < -0.39 is 10.2 Å². The quantitative estimate of drug-likeness (QED) is 0.862. The second-order valence-corrected chi connectivity index (χ2v) is 7.14. The number of rotatable bonds is 6. The van der Waals surface area contributed by atoms with E-state index in [0.717, 1.165) is 18.4 Å². The van der Waals surface area contributed by atoms with Crippen molar-refractivity contribution in [2.75, 3.05) is 26.7 Å². The Morgan fingerprint density at radius 2 is 2.05 bits per heavy atom. The van der Waals surface area contributed by atoms with Crippen LogP contribution in [0.5, 0.6) is 0 Å². The van der Waals surface area contributed by atoms with Gasteiger partial charge >= 0.3 is 0 Å². The minimum Gasteiger partial charge on any atom is -0.330 e. The molecule has 0 amide bonds. The largest absolute Gasteiger partial charge is 0.330 e. The Hall–Kier alpha value is -0.950. The molecule has 1 atom stereocenters. The molecule has 1 aliphatic heterocycles. The zero-order chi connectivity index (χ0) is 14.6. The molecule has 6 heteroatoms. The van der Waals surface area contributed by atoms with Gasteiger partial charge < -0.3 is 5.73 Å². The lowest BCUT2D eigenvalue weighted by Gasteiger charge is -2.29. The number of hydrogen-bond acceptors (Lipinski definition) is 3. The fourth-order valence-corrected chi connectivity index (χ4v) is 4.26. The highest BCUT2D eigenvalue weighted by Gasteiger charge is 2.37. The lowest BCUT2D eigenvalue weighted by atomic mass is 10.1. The van der Waals surface area contributed by atoms with E-state index in [1.54, 1.807) is 11.4 Å².